The van der Waals surface area contributed by atoms with Gasteiger partial charge < -0.3 is 10.2 Å². The van der Waals surface area contributed by atoms with Gasteiger partial charge in [0, 0.05) is 11.8 Å². The Labute approximate surface area is 127 Å². The fourth-order valence-electron chi connectivity index (χ4n) is 3.62. The summed E-state index contributed by atoms with van der Waals surface area (Å²) in [6, 6.07) is 6.19. The van der Waals surface area contributed by atoms with Gasteiger partial charge in [0.05, 0.1) is 17.6 Å². The van der Waals surface area contributed by atoms with Crippen LogP contribution in [0.4, 0.5) is 4.39 Å². The predicted octanol–water partition coefficient (Wildman–Crippen LogP) is 2.43. The lowest BCUT2D eigenvalue weighted by molar-refractivity contribution is -0.213. The molecule has 0 amide bonds. The lowest BCUT2D eigenvalue weighted by Gasteiger charge is -2.38. The molecule has 1 heterocycles. The molecule has 4 rings (SSSR count). The van der Waals surface area contributed by atoms with Crippen LogP contribution in [0.5, 0.6) is 0 Å². The van der Waals surface area contributed by atoms with Gasteiger partial charge in [-0.25, -0.2) is 9.07 Å². The molecule has 2 N–H and O–H groups in total. The quantitative estimate of drug-likeness (QED) is 0.795. The van der Waals surface area contributed by atoms with E-state index in [-0.39, 0.29) is 5.82 Å². The van der Waals surface area contributed by atoms with Crippen molar-refractivity contribution in [3.8, 4) is 5.69 Å². The number of hydrogen-bond donors (Lipinski definition) is 2. The molecule has 2 aromatic rings. The second-order valence-electron chi connectivity index (χ2n) is 6.44. The van der Waals surface area contributed by atoms with Crippen LogP contribution in [0, 0.1) is 11.2 Å². The molecule has 22 heavy (non-hydrogen) atoms. The van der Waals surface area contributed by atoms with E-state index in [1.165, 1.54) is 12.1 Å². The molecule has 1 atom stereocenters. The Morgan fingerprint density at radius 2 is 1.95 bits per heavy atom. The molecule has 1 aromatic carbocycles. The van der Waals surface area contributed by atoms with Crippen molar-refractivity contribution in [3.63, 3.8) is 0 Å². The zero-order chi connectivity index (χ0) is 15.5. The molecule has 0 saturated heterocycles. The third-order valence-corrected chi connectivity index (χ3v) is 5.15. The first-order valence-corrected chi connectivity index (χ1v) is 7.39. The molecule has 5 heteroatoms. The largest absolute Gasteiger partial charge is 0.365 e. The standard InChI is InChI=1S/C17H17FN2O2/c1-16-9-11-10-19-20(14-4-2-13(18)3-5-14)15(11)8-12(16)6-7-17(16,21)22/h2-5,8,10,21-22H,6-7,9H2,1H3/t16-/m0/s1. The minimum Gasteiger partial charge on any atom is -0.365 e. The van der Waals surface area contributed by atoms with E-state index in [2.05, 4.69) is 5.10 Å². The number of benzene rings is 1. The molecule has 0 radical (unpaired) electrons. The van der Waals surface area contributed by atoms with Crippen LogP contribution in [0.15, 0.2) is 36.0 Å². The lowest BCUT2D eigenvalue weighted by Crippen LogP contribution is -2.44. The Morgan fingerprint density at radius 1 is 1.23 bits per heavy atom. The van der Waals surface area contributed by atoms with Gasteiger partial charge in [-0.2, -0.15) is 5.10 Å². The Bertz CT molecular complexity index is 776. The van der Waals surface area contributed by atoms with Gasteiger partial charge in [-0.3, -0.25) is 0 Å². The van der Waals surface area contributed by atoms with Gasteiger partial charge in [-0.05, 0) is 48.7 Å². The zero-order valence-electron chi connectivity index (χ0n) is 12.3. The van der Waals surface area contributed by atoms with Crippen LogP contribution >= 0.6 is 0 Å². The zero-order valence-corrected chi connectivity index (χ0v) is 12.3. The molecule has 114 valence electrons. The van der Waals surface area contributed by atoms with E-state index in [0.29, 0.717) is 19.3 Å². The van der Waals surface area contributed by atoms with E-state index in [4.69, 9.17) is 0 Å². The molecule has 1 aromatic heterocycles. The Balaban J connectivity index is 1.82. The maximum absolute atomic E-state index is 13.1. The van der Waals surface area contributed by atoms with Crippen LogP contribution < -0.4 is 0 Å². The van der Waals surface area contributed by atoms with Gasteiger partial charge in [0.15, 0.2) is 5.79 Å². The maximum atomic E-state index is 13.1. The van der Waals surface area contributed by atoms with Gasteiger partial charge in [0.1, 0.15) is 5.82 Å². The molecule has 2 aliphatic carbocycles. The van der Waals surface area contributed by atoms with Crippen molar-refractivity contribution < 1.29 is 14.6 Å². The highest BCUT2D eigenvalue weighted by Gasteiger charge is 2.54. The summed E-state index contributed by atoms with van der Waals surface area (Å²) in [6.07, 6.45) is 5.32. The normalized spacial score (nSPS) is 25.5. The molecule has 2 aliphatic rings. The Kier molecular flexibility index (Phi) is 2.65. The second kappa shape index (κ2) is 4.27. The Morgan fingerprint density at radius 3 is 2.68 bits per heavy atom. The van der Waals surface area contributed by atoms with Crippen molar-refractivity contribution >= 4 is 6.08 Å². The maximum Gasteiger partial charge on any atom is 0.172 e. The molecule has 4 nitrogen and oxygen atoms in total. The summed E-state index contributed by atoms with van der Waals surface area (Å²) in [7, 11) is 0. The van der Waals surface area contributed by atoms with Gasteiger partial charge in [0.25, 0.3) is 0 Å². The third-order valence-electron chi connectivity index (χ3n) is 5.15. The SMILES string of the molecule is C[C@]12Cc3cnn(-c4ccc(F)cc4)c3C=C1CCC2(O)O. The second-order valence-corrected chi connectivity index (χ2v) is 6.44. The van der Waals surface area contributed by atoms with Crippen LogP contribution in [-0.2, 0) is 6.42 Å². The number of nitrogens with zero attached hydrogens (tertiary/aromatic N) is 2. The average molecular weight is 300 g/mol. The molecule has 0 spiro atoms. The molecular formula is C17H17FN2O2. The summed E-state index contributed by atoms with van der Waals surface area (Å²) in [5.41, 5.74) is 3.09. The van der Waals surface area contributed by atoms with Crippen molar-refractivity contribution in [2.75, 3.05) is 0 Å². The van der Waals surface area contributed by atoms with Crippen molar-refractivity contribution in [1.29, 1.82) is 0 Å². The highest BCUT2D eigenvalue weighted by atomic mass is 19.1. The Hall–Kier alpha value is -1.98. The predicted molar refractivity (Wildman–Crippen MR) is 79.7 cm³/mol. The van der Waals surface area contributed by atoms with Gasteiger partial charge in [-0.1, -0.05) is 12.5 Å². The summed E-state index contributed by atoms with van der Waals surface area (Å²) in [6.45, 7) is 1.89. The topological polar surface area (TPSA) is 58.3 Å². The van der Waals surface area contributed by atoms with E-state index in [9.17, 15) is 14.6 Å². The molecular weight excluding hydrogens is 283 g/mol. The molecule has 1 fully saturated rings. The first-order chi connectivity index (χ1) is 10.4. The van der Waals surface area contributed by atoms with Crippen LogP contribution in [-0.4, -0.2) is 25.8 Å². The van der Waals surface area contributed by atoms with Gasteiger partial charge in [0.2, 0.25) is 0 Å². The summed E-state index contributed by atoms with van der Waals surface area (Å²) in [4.78, 5) is 0. The molecule has 0 aliphatic heterocycles. The van der Waals surface area contributed by atoms with E-state index >= 15 is 0 Å². The summed E-state index contributed by atoms with van der Waals surface area (Å²) in [5.74, 6) is -1.95. The number of aliphatic hydroxyl groups is 2. The third kappa shape index (κ3) is 1.72. The number of halogens is 1. The first kappa shape index (κ1) is 13.7. The van der Waals surface area contributed by atoms with E-state index in [0.717, 1.165) is 22.5 Å². The fraction of sp³-hybridized carbons (Fsp3) is 0.353. The van der Waals surface area contributed by atoms with Gasteiger partial charge in [-0.15, -0.1) is 0 Å². The molecule has 0 unspecified atom stereocenters. The lowest BCUT2D eigenvalue weighted by atomic mass is 9.72. The highest BCUT2D eigenvalue weighted by molar-refractivity contribution is 5.62. The van der Waals surface area contributed by atoms with Gasteiger partial charge >= 0.3 is 0 Å². The summed E-state index contributed by atoms with van der Waals surface area (Å²) >= 11 is 0. The minimum atomic E-state index is -1.67. The fourth-order valence-corrected chi connectivity index (χ4v) is 3.62. The number of fused-ring (bicyclic) bond motifs is 2. The molecule has 1 saturated carbocycles. The average Bonchev–Trinajstić information content (AvgIpc) is 2.97. The van der Waals surface area contributed by atoms with Crippen LogP contribution in [0.25, 0.3) is 11.8 Å². The number of rotatable bonds is 1. The number of hydrogen-bond acceptors (Lipinski definition) is 3. The van der Waals surface area contributed by atoms with Crippen LogP contribution in [0.3, 0.4) is 0 Å². The number of aromatic nitrogens is 2. The minimum absolute atomic E-state index is 0.281. The van der Waals surface area contributed by atoms with Crippen molar-refractivity contribution in [2.24, 2.45) is 5.41 Å². The van der Waals surface area contributed by atoms with E-state index in [1.807, 2.05) is 13.0 Å². The van der Waals surface area contributed by atoms with E-state index < -0.39 is 11.2 Å². The van der Waals surface area contributed by atoms with Crippen molar-refractivity contribution in [2.45, 2.75) is 32.0 Å². The summed E-state index contributed by atoms with van der Waals surface area (Å²) < 4.78 is 14.9. The summed E-state index contributed by atoms with van der Waals surface area (Å²) in [5, 5.41) is 24.9. The highest BCUT2D eigenvalue weighted by Crippen LogP contribution is 2.54. The van der Waals surface area contributed by atoms with Crippen LogP contribution in [0.1, 0.15) is 31.0 Å². The van der Waals surface area contributed by atoms with Crippen molar-refractivity contribution in [3.05, 3.63) is 53.1 Å². The monoisotopic (exact) mass is 300 g/mol. The van der Waals surface area contributed by atoms with E-state index in [1.54, 1.807) is 23.0 Å². The van der Waals surface area contributed by atoms with Crippen LogP contribution in [0.2, 0.25) is 0 Å². The van der Waals surface area contributed by atoms with Crippen molar-refractivity contribution in [1.82, 2.24) is 9.78 Å². The smallest absolute Gasteiger partial charge is 0.172 e. The molecule has 0 bridgehead atoms. The first-order valence-electron chi connectivity index (χ1n) is 7.39.